The summed E-state index contributed by atoms with van der Waals surface area (Å²) in [4.78, 5) is 11.9. The van der Waals surface area contributed by atoms with Gasteiger partial charge in [-0.1, -0.05) is 12.1 Å². The Morgan fingerprint density at radius 1 is 1.08 bits per heavy atom. The van der Waals surface area contributed by atoms with Crippen LogP contribution >= 0.6 is 0 Å². The van der Waals surface area contributed by atoms with E-state index in [4.69, 9.17) is 0 Å². The van der Waals surface area contributed by atoms with Gasteiger partial charge in [0.1, 0.15) is 11.6 Å². The standard InChI is InChI=1S/C19H16F5NO/c1-11-16(20)9-14(10-17(11)21)12(2)25-18(26)8-5-13-3-6-15(7-4-13)19(22,23)24/h3-10,12H,1-2H3,(H,25,26)/b8-5+/t12-/m1/s1. The zero-order valence-corrected chi connectivity index (χ0v) is 14.0. The lowest BCUT2D eigenvalue weighted by Crippen LogP contribution is -2.24. The highest BCUT2D eigenvalue weighted by Gasteiger charge is 2.29. The highest BCUT2D eigenvalue weighted by Crippen LogP contribution is 2.29. The molecule has 1 amide bonds. The van der Waals surface area contributed by atoms with E-state index in [1.807, 2.05) is 0 Å². The van der Waals surface area contributed by atoms with E-state index in [0.717, 1.165) is 30.3 Å². The molecule has 0 saturated carbocycles. The third-order valence-electron chi connectivity index (χ3n) is 3.83. The Morgan fingerprint density at radius 2 is 1.62 bits per heavy atom. The van der Waals surface area contributed by atoms with Crippen LogP contribution in [0.1, 0.15) is 35.2 Å². The fourth-order valence-electron chi connectivity index (χ4n) is 2.21. The molecule has 138 valence electrons. The Morgan fingerprint density at radius 3 is 2.12 bits per heavy atom. The van der Waals surface area contributed by atoms with Gasteiger partial charge in [0.05, 0.1) is 11.6 Å². The van der Waals surface area contributed by atoms with Crippen molar-refractivity contribution in [1.29, 1.82) is 0 Å². The molecule has 2 nitrogen and oxygen atoms in total. The summed E-state index contributed by atoms with van der Waals surface area (Å²) < 4.78 is 64.6. The van der Waals surface area contributed by atoms with Crippen molar-refractivity contribution in [2.75, 3.05) is 0 Å². The summed E-state index contributed by atoms with van der Waals surface area (Å²) in [6.45, 7) is 2.87. The molecule has 1 N–H and O–H groups in total. The van der Waals surface area contributed by atoms with Crippen LogP contribution in [0.2, 0.25) is 0 Å². The van der Waals surface area contributed by atoms with Crippen LogP contribution in [0, 0.1) is 18.6 Å². The zero-order chi connectivity index (χ0) is 19.5. The van der Waals surface area contributed by atoms with Crippen molar-refractivity contribution in [2.24, 2.45) is 0 Å². The minimum absolute atomic E-state index is 0.102. The summed E-state index contributed by atoms with van der Waals surface area (Å²) in [6.07, 6.45) is -1.94. The lowest BCUT2D eigenvalue weighted by Gasteiger charge is -2.14. The molecule has 0 spiro atoms. The maximum absolute atomic E-state index is 13.6. The van der Waals surface area contributed by atoms with Crippen molar-refractivity contribution in [3.05, 3.63) is 76.4 Å². The molecule has 0 aliphatic carbocycles. The smallest absolute Gasteiger partial charge is 0.346 e. The number of alkyl halides is 3. The number of carbonyl (C=O) groups is 1. The van der Waals surface area contributed by atoms with Crippen LogP contribution in [-0.4, -0.2) is 5.91 Å². The monoisotopic (exact) mass is 369 g/mol. The van der Waals surface area contributed by atoms with Crippen LogP contribution in [0.25, 0.3) is 6.08 Å². The third-order valence-corrected chi connectivity index (χ3v) is 3.83. The number of hydrogen-bond acceptors (Lipinski definition) is 1. The van der Waals surface area contributed by atoms with E-state index in [1.54, 1.807) is 6.92 Å². The van der Waals surface area contributed by atoms with Gasteiger partial charge in [-0.3, -0.25) is 4.79 Å². The second kappa shape index (κ2) is 7.68. The number of amides is 1. The fourth-order valence-corrected chi connectivity index (χ4v) is 2.21. The van der Waals surface area contributed by atoms with Crippen LogP contribution in [0.5, 0.6) is 0 Å². The quantitative estimate of drug-likeness (QED) is 0.584. The summed E-state index contributed by atoms with van der Waals surface area (Å²) >= 11 is 0. The molecule has 0 bridgehead atoms. The number of hydrogen-bond donors (Lipinski definition) is 1. The van der Waals surface area contributed by atoms with Gasteiger partial charge >= 0.3 is 6.18 Å². The first kappa shape index (κ1) is 19.6. The lowest BCUT2D eigenvalue weighted by molar-refractivity contribution is -0.137. The van der Waals surface area contributed by atoms with Crippen molar-refractivity contribution in [1.82, 2.24) is 5.32 Å². The first-order valence-electron chi connectivity index (χ1n) is 7.69. The van der Waals surface area contributed by atoms with Crippen LogP contribution in [-0.2, 0) is 11.0 Å². The predicted molar refractivity (Wildman–Crippen MR) is 88.1 cm³/mol. The van der Waals surface area contributed by atoms with Gasteiger partial charge in [0.2, 0.25) is 5.91 Å². The number of rotatable bonds is 4. The average Bonchev–Trinajstić information content (AvgIpc) is 2.57. The summed E-state index contributed by atoms with van der Waals surface area (Å²) in [6, 6.07) is 5.94. The molecule has 0 saturated heterocycles. The van der Waals surface area contributed by atoms with Gasteiger partial charge in [-0.15, -0.1) is 0 Å². The molecule has 0 aliphatic heterocycles. The van der Waals surface area contributed by atoms with Gasteiger partial charge in [-0.2, -0.15) is 13.2 Å². The third kappa shape index (κ3) is 4.91. The molecule has 0 unspecified atom stereocenters. The molecule has 2 aromatic carbocycles. The molecule has 0 radical (unpaired) electrons. The second-order valence-electron chi connectivity index (χ2n) is 5.79. The topological polar surface area (TPSA) is 29.1 Å². The molecule has 0 aromatic heterocycles. The van der Waals surface area contributed by atoms with Crippen molar-refractivity contribution < 1.29 is 26.7 Å². The van der Waals surface area contributed by atoms with Crippen molar-refractivity contribution >= 4 is 12.0 Å². The van der Waals surface area contributed by atoms with Crippen LogP contribution in [0.3, 0.4) is 0 Å². The molecular weight excluding hydrogens is 353 g/mol. The molecular formula is C19H16F5NO. The molecule has 26 heavy (non-hydrogen) atoms. The van der Waals surface area contributed by atoms with E-state index in [2.05, 4.69) is 5.32 Å². The Kier molecular flexibility index (Phi) is 5.79. The van der Waals surface area contributed by atoms with Crippen molar-refractivity contribution in [2.45, 2.75) is 26.1 Å². The lowest BCUT2D eigenvalue weighted by atomic mass is 10.1. The van der Waals surface area contributed by atoms with Gasteiger partial charge in [-0.25, -0.2) is 8.78 Å². The summed E-state index contributed by atoms with van der Waals surface area (Å²) in [5.74, 6) is -1.96. The maximum atomic E-state index is 13.6. The van der Waals surface area contributed by atoms with Gasteiger partial charge in [-0.05, 0) is 55.3 Å². The number of benzene rings is 2. The summed E-state index contributed by atoms with van der Waals surface area (Å²) in [5.41, 5.74) is -0.208. The van der Waals surface area contributed by atoms with Crippen LogP contribution in [0.15, 0.2) is 42.5 Å². The fraction of sp³-hybridized carbons (Fsp3) is 0.211. The first-order valence-corrected chi connectivity index (χ1v) is 7.69. The highest BCUT2D eigenvalue weighted by molar-refractivity contribution is 5.91. The molecule has 2 aromatic rings. The van der Waals surface area contributed by atoms with E-state index < -0.39 is 35.3 Å². The Labute approximate surface area is 147 Å². The van der Waals surface area contributed by atoms with E-state index in [0.29, 0.717) is 5.56 Å². The van der Waals surface area contributed by atoms with Gasteiger partial charge in [0.15, 0.2) is 0 Å². The molecule has 0 heterocycles. The van der Waals surface area contributed by atoms with Crippen molar-refractivity contribution in [3.63, 3.8) is 0 Å². The van der Waals surface area contributed by atoms with E-state index >= 15 is 0 Å². The summed E-state index contributed by atoms with van der Waals surface area (Å²) in [5, 5.41) is 2.54. The number of nitrogens with one attached hydrogen (secondary N) is 1. The largest absolute Gasteiger partial charge is 0.416 e. The number of carbonyl (C=O) groups excluding carboxylic acids is 1. The van der Waals surface area contributed by atoms with Crippen LogP contribution in [0.4, 0.5) is 22.0 Å². The number of halogens is 5. The van der Waals surface area contributed by atoms with Gasteiger partial charge in [0, 0.05) is 11.6 Å². The minimum atomic E-state index is -4.42. The van der Waals surface area contributed by atoms with Gasteiger partial charge in [0.25, 0.3) is 0 Å². The normalized spacial score (nSPS) is 13.0. The van der Waals surface area contributed by atoms with Crippen LogP contribution < -0.4 is 5.32 Å². The Hall–Kier alpha value is -2.70. The highest BCUT2D eigenvalue weighted by atomic mass is 19.4. The molecule has 0 aliphatic rings. The van der Waals surface area contributed by atoms with Crippen molar-refractivity contribution in [3.8, 4) is 0 Å². The molecule has 1 atom stereocenters. The van der Waals surface area contributed by atoms with Gasteiger partial charge < -0.3 is 5.32 Å². The Bertz CT molecular complexity index is 802. The van der Waals surface area contributed by atoms with E-state index in [1.165, 1.54) is 25.1 Å². The molecule has 0 fully saturated rings. The summed E-state index contributed by atoms with van der Waals surface area (Å²) in [7, 11) is 0. The SMILES string of the molecule is Cc1c(F)cc([C@@H](C)NC(=O)/C=C/c2ccc(C(F)(F)F)cc2)cc1F. The zero-order valence-electron chi connectivity index (χ0n) is 14.0. The molecule has 2 rings (SSSR count). The van der Waals surface area contributed by atoms with E-state index in [9.17, 15) is 26.7 Å². The minimum Gasteiger partial charge on any atom is -0.346 e. The van der Waals surface area contributed by atoms with E-state index in [-0.39, 0.29) is 11.1 Å². The second-order valence-corrected chi connectivity index (χ2v) is 5.79. The predicted octanol–water partition coefficient (Wildman–Crippen LogP) is 5.18. The average molecular weight is 369 g/mol. The maximum Gasteiger partial charge on any atom is 0.416 e. The first-order chi connectivity index (χ1) is 12.1. The Balaban J connectivity index is 2.03. The molecule has 7 heteroatoms.